The molecule has 0 unspecified atom stereocenters. The second-order valence-electron chi connectivity index (χ2n) is 3.93. The molecule has 3 N–H and O–H groups in total. The number of hydrogen-bond donors (Lipinski definition) is 2. The van der Waals surface area contributed by atoms with E-state index in [1.54, 1.807) is 13.0 Å². The van der Waals surface area contributed by atoms with Crippen LogP contribution in [0, 0.1) is 12.7 Å². The number of rotatable bonds is 3. The van der Waals surface area contributed by atoms with E-state index < -0.39 is 11.8 Å². The minimum atomic E-state index is -1.18. The van der Waals surface area contributed by atoms with Crippen molar-refractivity contribution in [3.05, 3.63) is 47.4 Å². The van der Waals surface area contributed by atoms with Gasteiger partial charge in [0.1, 0.15) is 11.6 Å². The van der Waals surface area contributed by atoms with Crippen molar-refractivity contribution in [3.8, 4) is 11.6 Å². The standard InChI is InChI=1S/C13H11FN2O3/c1-7-2-3-8(14)4-11(7)19-12-5-9(13(17)18)10(15)6-16-12/h2-6H,15H2,1H3,(H,17,18). The van der Waals surface area contributed by atoms with Crippen LogP contribution in [0.25, 0.3) is 0 Å². The van der Waals surface area contributed by atoms with Gasteiger partial charge in [0, 0.05) is 12.1 Å². The second kappa shape index (κ2) is 4.93. The largest absolute Gasteiger partial charge is 0.478 e. The average molecular weight is 262 g/mol. The smallest absolute Gasteiger partial charge is 0.338 e. The molecule has 0 amide bonds. The zero-order chi connectivity index (χ0) is 14.0. The number of carboxylic acids is 1. The molecule has 0 saturated heterocycles. The summed E-state index contributed by atoms with van der Waals surface area (Å²) < 4.78 is 18.5. The molecular formula is C13H11FN2O3. The number of nitrogen functional groups attached to an aromatic ring is 1. The minimum absolute atomic E-state index is 0.0378. The normalized spacial score (nSPS) is 10.2. The van der Waals surface area contributed by atoms with Crippen molar-refractivity contribution >= 4 is 11.7 Å². The van der Waals surface area contributed by atoms with E-state index >= 15 is 0 Å². The number of aromatic carboxylic acids is 1. The summed E-state index contributed by atoms with van der Waals surface area (Å²) in [4.78, 5) is 14.8. The predicted molar refractivity (Wildman–Crippen MR) is 66.8 cm³/mol. The summed E-state index contributed by atoms with van der Waals surface area (Å²) in [7, 11) is 0. The molecule has 98 valence electrons. The Morgan fingerprint density at radius 2 is 2.16 bits per heavy atom. The summed E-state index contributed by atoms with van der Waals surface area (Å²) in [5, 5.41) is 8.93. The average Bonchev–Trinajstić information content (AvgIpc) is 2.36. The number of carboxylic acid groups (broad SMARTS) is 1. The number of aromatic nitrogens is 1. The van der Waals surface area contributed by atoms with Crippen molar-refractivity contribution < 1.29 is 19.0 Å². The lowest BCUT2D eigenvalue weighted by molar-refractivity contribution is 0.0697. The number of pyridine rings is 1. The molecule has 0 aliphatic rings. The SMILES string of the molecule is Cc1ccc(F)cc1Oc1cc(C(=O)O)c(N)cn1. The van der Waals surface area contributed by atoms with Crippen LogP contribution in [0.3, 0.4) is 0 Å². The third-order valence-electron chi connectivity index (χ3n) is 2.50. The van der Waals surface area contributed by atoms with E-state index in [4.69, 9.17) is 15.6 Å². The number of aryl methyl sites for hydroxylation is 1. The van der Waals surface area contributed by atoms with E-state index in [1.165, 1.54) is 24.4 Å². The van der Waals surface area contributed by atoms with Gasteiger partial charge in [-0.2, -0.15) is 0 Å². The summed E-state index contributed by atoms with van der Waals surface area (Å²) in [6.45, 7) is 1.74. The van der Waals surface area contributed by atoms with Gasteiger partial charge in [-0.3, -0.25) is 0 Å². The fourth-order valence-electron chi connectivity index (χ4n) is 1.48. The van der Waals surface area contributed by atoms with Crippen molar-refractivity contribution in [2.75, 3.05) is 5.73 Å². The van der Waals surface area contributed by atoms with E-state index in [0.29, 0.717) is 5.56 Å². The molecule has 0 aliphatic heterocycles. The van der Waals surface area contributed by atoms with Gasteiger partial charge in [-0.05, 0) is 18.6 Å². The third-order valence-corrected chi connectivity index (χ3v) is 2.50. The van der Waals surface area contributed by atoms with Crippen molar-refractivity contribution in [2.45, 2.75) is 6.92 Å². The Labute approximate surface area is 108 Å². The lowest BCUT2D eigenvalue weighted by Gasteiger charge is -2.09. The number of carbonyl (C=O) groups is 1. The molecule has 6 heteroatoms. The molecule has 2 rings (SSSR count). The first kappa shape index (κ1) is 12.8. The first-order valence-corrected chi connectivity index (χ1v) is 5.40. The van der Waals surface area contributed by atoms with Gasteiger partial charge in [0.05, 0.1) is 17.4 Å². The van der Waals surface area contributed by atoms with Crippen LogP contribution in [0.2, 0.25) is 0 Å². The van der Waals surface area contributed by atoms with Crippen molar-refractivity contribution in [2.24, 2.45) is 0 Å². The van der Waals surface area contributed by atoms with Gasteiger partial charge in [0.25, 0.3) is 0 Å². The zero-order valence-corrected chi connectivity index (χ0v) is 10.1. The van der Waals surface area contributed by atoms with Crippen LogP contribution in [-0.2, 0) is 0 Å². The van der Waals surface area contributed by atoms with Gasteiger partial charge < -0.3 is 15.6 Å². The van der Waals surface area contributed by atoms with E-state index in [0.717, 1.165) is 0 Å². The van der Waals surface area contributed by atoms with Crippen LogP contribution in [0.1, 0.15) is 15.9 Å². The molecule has 0 spiro atoms. The molecule has 1 aromatic heterocycles. The maximum Gasteiger partial charge on any atom is 0.338 e. The van der Waals surface area contributed by atoms with Crippen LogP contribution in [0.4, 0.5) is 10.1 Å². The first-order chi connectivity index (χ1) is 8.97. The van der Waals surface area contributed by atoms with E-state index in [-0.39, 0.29) is 22.9 Å². The Balaban J connectivity index is 2.36. The van der Waals surface area contributed by atoms with Gasteiger partial charge in [0.2, 0.25) is 5.88 Å². The number of halogens is 1. The number of hydrogen-bond acceptors (Lipinski definition) is 4. The molecule has 0 saturated carbocycles. The Kier molecular flexibility index (Phi) is 3.33. The van der Waals surface area contributed by atoms with Gasteiger partial charge in [-0.15, -0.1) is 0 Å². The number of nitrogens with zero attached hydrogens (tertiary/aromatic N) is 1. The number of benzene rings is 1. The van der Waals surface area contributed by atoms with E-state index in [2.05, 4.69) is 4.98 Å². The summed E-state index contributed by atoms with van der Waals surface area (Å²) in [6, 6.07) is 5.26. The van der Waals surface area contributed by atoms with Crippen molar-refractivity contribution in [1.29, 1.82) is 0 Å². The van der Waals surface area contributed by atoms with E-state index in [1.807, 2.05) is 0 Å². The molecule has 0 bridgehead atoms. The molecule has 0 radical (unpaired) electrons. The maximum absolute atomic E-state index is 13.1. The second-order valence-corrected chi connectivity index (χ2v) is 3.93. The molecule has 5 nitrogen and oxygen atoms in total. The molecule has 2 aromatic rings. The topological polar surface area (TPSA) is 85.4 Å². The Morgan fingerprint density at radius 3 is 2.84 bits per heavy atom. The van der Waals surface area contributed by atoms with Gasteiger partial charge >= 0.3 is 5.97 Å². The van der Waals surface area contributed by atoms with Crippen LogP contribution >= 0.6 is 0 Å². The third kappa shape index (κ3) is 2.79. The molecule has 1 heterocycles. The molecule has 0 fully saturated rings. The first-order valence-electron chi connectivity index (χ1n) is 5.40. The molecule has 19 heavy (non-hydrogen) atoms. The Hall–Kier alpha value is -2.63. The quantitative estimate of drug-likeness (QED) is 0.888. The van der Waals surface area contributed by atoms with Crippen LogP contribution in [-0.4, -0.2) is 16.1 Å². The minimum Gasteiger partial charge on any atom is -0.478 e. The highest BCUT2D eigenvalue weighted by molar-refractivity contribution is 5.93. The monoisotopic (exact) mass is 262 g/mol. The summed E-state index contributed by atoms with van der Waals surface area (Å²) in [5.74, 6) is -1.32. The lowest BCUT2D eigenvalue weighted by atomic mass is 10.2. The summed E-state index contributed by atoms with van der Waals surface area (Å²) >= 11 is 0. The fraction of sp³-hybridized carbons (Fsp3) is 0.0769. The number of anilines is 1. The maximum atomic E-state index is 13.1. The number of nitrogens with two attached hydrogens (primary N) is 1. The lowest BCUT2D eigenvalue weighted by Crippen LogP contribution is -2.04. The highest BCUT2D eigenvalue weighted by Crippen LogP contribution is 2.26. The predicted octanol–water partition coefficient (Wildman–Crippen LogP) is 2.60. The molecular weight excluding hydrogens is 251 g/mol. The molecule has 0 atom stereocenters. The Bertz CT molecular complexity index is 644. The van der Waals surface area contributed by atoms with Gasteiger partial charge in [-0.1, -0.05) is 6.07 Å². The highest BCUT2D eigenvalue weighted by Gasteiger charge is 2.11. The van der Waals surface area contributed by atoms with E-state index in [9.17, 15) is 9.18 Å². The molecule has 0 aliphatic carbocycles. The van der Waals surface area contributed by atoms with Crippen LogP contribution in [0.15, 0.2) is 30.5 Å². The summed E-state index contributed by atoms with van der Waals surface area (Å²) in [5.41, 5.74) is 6.11. The van der Waals surface area contributed by atoms with Crippen LogP contribution < -0.4 is 10.5 Å². The van der Waals surface area contributed by atoms with Crippen LogP contribution in [0.5, 0.6) is 11.6 Å². The zero-order valence-electron chi connectivity index (χ0n) is 10.1. The summed E-state index contributed by atoms with van der Waals surface area (Å²) in [6.07, 6.45) is 1.19. The fourth-order valence-corrected chi connectivity index (χ4v) is 1.48. The molecule has 1 aromatic carbocycles. The Morgan fingerprint density at radius 1 is 1.42 bits per heavy atom. The van der Waals surface area contributed by atoms with Crippen molar-refractivity contribution in [3.63, 3.8) is 0 Å². The highest BCUT2D eigenvalue weighted by atomic mass is 19.1. The van der Waals surface area contributed by atoms with Gasteiger partial charge in [-0.25, -0.2) is 14.2 Å². The number of ether oxygens (including phenoxy) is 1. The van der Waals surface area contributed by atoms with Gasteiger partial charge in [0.15, 0.2) is 0 Å². The van der Waals surface area contributed by atoms with Crippen molar-refractivity contribution in [1.82, 2.24) is 4.98 Å².